The highest BCUT2D eigenvalue weighted by Gasteiger charge is 2.25. The van der Waals surface area contributed by atoms with Crippen LogP contribution in [0.3, 0.4) is 0 Å². The van der Waals surface area contributed by atoms with E-state index in [4.69, 9.17) is 17.3 Å². The van der Waals surface area contributed by atoms with Gasteiger partial charge in [0, 0.05) is 18.8 Å². The summed E-state index contributed by atoms with van der Waals surface area (Å²) in [5, 5.41) is 2.78. The third-order valence-electron chi connectivity index (χ3n) is 4.08. The number of nitrogens with two attached hydrogens (primary N) is 1. The Morgan fingerprint density at radius 3 is 2.38 bits per heavy atom. The molecule has 0 heterocycles. The zero-order valence-electron chi connectivity index (χ0n) is 14.5. The summed E-state index contributed by atoms with van der Waals surface area (Å²) < 4.78 is 26.6. The van der Waals surface area contributed by atoms with Gasteiger partial charge in [-0.2, -0.15) is 4.31 Å². The zero-order chi connectivity index (χ0) is 18.5. The van der Waals surface area contributed by atoms with Crippen LogP contribution in [0.2, 0.25) is 5.02 Å². The fraction of sp³-hybridized carbons (Fsp3) is 0.562. The topological polar surface area (TPSA) is 92.5 Å². The van der Waals surface area contributed by atoms with Gasteiger partial charge in [0.05, 0.1) is 11.1 Å². The van der Waals surface area contributed by atoms with Gasteiger partial charge in [0.25, 0.3) is 0 Å². The molecule has 0 radical (unpaired) electrons. The molecule has 0 aliphatic heterocycles. The van der Waals surface area contributed by atoms with Crippen molar-refractivity contribution >= 4 is 33.2 Å². The van der Waals surface area contributed by atoms with Crippen LogP contribution in [0.5, 0.6) is 0 Å². The maximum absolute atomic E-state index is 12.6. The first-order valence-corrected chi connectivity index (χ1v) is 9.86. The standard InChI is InChI=1S/C16H26ClN3O3S/c1-5-11(4)15(18)16(21)19-12-8-9-13(17)14(10-12)24(22,23)20(6-2)7-3/h8-11,15H,5-7,18H2,1-4H3,(H,19,21). The van der Waals surface area contributed by atoms with E-state index in [0.29, 0.717) is 18.8 Å². The van der Waals surface area contributed by atoms with E-state index in [-0.39, 0.29) is 21.7 Å². The molecular weight excluding hydrogens is 350 g/mol. The molecule has 2 atom stereocenters. The summed E-state index contributed by atoms with van der Waals surface area (Å²) in [6, 6.07) is 3.73. The lowest BCUT2D eigenvalue weighted by molar-refractivity contribution is -0.118. The fourth-order valence-electron chi connectivity index (χ4n) is 2.22. The average Bonchev–Trinajstić information content (AvgIpc) is 2.55. The highest BCUT2D eigenvalue weighted by atomic mass is 35.5. The van der Waals surface area contributed by atoms with E-state index in [1.807, 2.05) is 13.8 Å². The SMILES string of the molecule is CCC(C)C(N)C(=O)Nc1ccc(Cl)c(S(=O)(=O)N(CC)CC)c1. The van der Waals surface area contributed by atoms with Gasteiger partial charge < -0.3 is 11.1 Å². The van der Waals surface area contributed by atoms with E-state index in [2.05, 4.69) is 5.32 Å². The third-order valence-corrected chi connectivity index (χ3v) is 6.61. The van der Waals surface area contributed by atoms with Crippen LogP contribution in [-0.4, -0.2) is 37.8 Å². The molecule has 136 valence electrons. The van der Waals surface area contributed by atoms with Crippen LogP contribution >= 0.6 is 11.6 Å². The van der Waals surface area contributed by atoms with E-state index >= 15 is 0 Å². The number of rotatable bonds is 8. The smallest absolute Gasteiger partial charge is 0.244 e. The molecule has 0 spiro atoms. The molecule has 0 saturated carbocycles. The second-order valence-electron chi connectivity index (χ2n) is 5.64. The van der Waals surface area contributed by atoms with Crippen molar-refractivity contribution in [1.82, 2.24) is 4.31 Å². The maximum atomic E-state index is 12.6. The molecule has 3 N–H and O–H groups in total. The number of carbonyl (C=O) groups is 1. The van der Waals surface area contributed by atoms with Crippen molar-refractivity contribution in [2.75, 3.05) is 18.4 Å². The van der Waals surface area contributed by atoms with E-state index in [0.717, 1.165) is 6.42 Å². The van der Waals surface area contributed by atoms with Crippen LogP contribution in [0.15, 0.2) is 23.1 Å². The first-order chi connectivity index (χ1) is 11.2. The molecule has 24 heavy (non-hydrogen) atoms. The molecule has 1 rings (SSSR count). The molecule has 6 nitrogen and oxygen atoms in total. The van der Waals surface area contributed by atoms with E-state index in [9.17, 15) is 13.2 Å². The van der Waals surface area contributed by atoms with Crippen molar-refractivity contribution in [2.45, 2.75) is 45.1 Å². The minimum absolute atomic E-state index is 0.0242. The number of benzene rings is 1. The van der Waals surface area contributed by atoms with Crippen molar-refractivity contribution in [3.63, 3.8) is 0 Å². The van der Waals surface area contributed by atoms with Crippen molar-refractivity contribution in [3.8, 4) is 0 Å². The van der Waals surface area contributed by atoms with Gasteiger partial charge in [-0.3, -0.25) is 4.79 Å². The Morgan fingerprint density at radius 2 is 1.88 bits per heavy atom. The lowest BCUT2D eigenvalue weighted by atomic mass is 9.99. The minimum atomic E-state index is -3.71. The van der Waals surface area contributed by atoms with Crippen LogP contribution in [0.4, 0.5) is 5.69 Å². The Balaban J connectivity index is 3.13. The number of sulfonamides is 1. The molecule has 1 amide bonds. The van der Waals surface area contributed by atoms with Crippen LogP contribution in [0, 0.1) is 5.92 Å². The predicted molar refractivity (Wildman–Crippen MR) is 97.6 cm³/mol. The largest absolute Gasteiger partial charge is 0.325 e. The van der Waals surface area contributed by atoms with Gasteiger partial charge in [-0.15, -0.1) is 0 Å². The second-order valence-corrected chi connectivity index (χ2v) is 7.95. The molecule has 0 fully saturated rings. The molecule has 2 unspecified atom stereocenters. The highest BCUT2D eigenvalue weighted by molar-refractivity contribution is 7.89. The van der Waals surface area contributed by atoms with Crippen LogP contribution in [0.25, 0.3) is 0 Å². The Bertz CT molecular complexity index is 675. The zero-order valence-corrected chi connectivity index (χ0v) is 16.1. The fourth-order valence-corrected chi connectivity index (χ4v) is 4.18. The minimum Gasteiger partial charge on any atom is -0.325 e. The molecule has 1 aromatic carbocycles. The van der Waals surface area contributed by atoms with E-state index in [1.165, 1.54) is 16.4 Å². The lowest BCUT2D eigenvalue weighted by Gasteiger charge is -2.21. The van der Waals surface area contributed by atoms with Gasteiger partial charge in [0.2, 0.25) is 15.9 Å². The Hall–Kier alpha value is -1.15. The summed E-state index contributed by atoms with van der Waals surface area (Å²) in [6.07, 6.45) is 0.775. The lowest BCUT2D eigenvalue weighted by Crippen LogP contribution is -2.40. The summed E-state index contributed by atoms with van der Waals surface area (Å²) in [7, 11) is -3.71. The van der Waals surface area contributed by atoms with Crippen LogP contribution < -0.4 is 11.1 Å². The molecule has 0 aromatic heterocycles. The van der Waals surface area contributed by atoms with E-state index in [1.54, 1.807) is 19.9 Å². The molecule has 8 heteroatoms. The maximum Gasteiger partial charge on any atom is 0.244 e. The van der Waals surface area contributed by atoms with Gasteiger partial charge in [0.15, 0.2) is 0 Å². The third kappa shape index (κ3) is 4.69. The second kappa shape index (κ2) is 8.80. The van der Waals surface area contributed by atoms with Gasteiger partial charge in [-0.25, -0.2) is 8.42 Å². The predicted octanol–water partition coefficient (Wildman–Crippen LogP) is 2.68. The number of amides is 1. The summed E-state index contributed by atoms with van der Waals surface area (Å²) in [6.45, 7) is 8.03. The number of anilines is 1. The number of hydrogen-bond donors (Lipinski definition) is 2. The van der Waals surface area contributed by atoms with Crippen molar-refractivity contribution in [3.05, 3.63) is 23.2 Å². The Morgan fingerprint density at radius 1 is 1.29 bits per heavy atom. The number of hydrogen-bond acceptors (Lipinski definition) is 4. The van der Waals surface area contributed by atoms with Gasteiger partial charge in [0.1, 0.15) is 4.90 Å². The first kappa shape index (κ1) is 20.9. The Kier molecular flexibility index (Phi) is 7.66. The first-order valence-electron chi connectivity index (χ1n) is 8.05. The summed E-state index contributed by atoms with van der Waals surface area (Å²) >= 11 is 6.07. The molecule has 0 aliphatic carbocycles. The Labute approximate surface area is 149 Å². The number of carbonyl (C=O) groups excluding carboxylic acids is 1. The van der Waals surface area contributed by atoms with E-state index < -0.39 is 16.1 Å². The van der Waals surface area contributed by atoms with Crippen molar-refractivity contribution in [1.29, 1.82) is 0 Å². The summed E-state index contributed by atoms with van der Waals surface area (Å²) in [4.78, 5) is 12.2. The normalized spacial score (nSPS) is 14.5. The molecule has 0 saturated heterocycles. The summed E-state index contributed by atoms with van der Waals surface area (Å²) in [5.41, 5.74) is 6.25. The van der Waals surface area contributed by atoms with Crippen LogP contribution in [0.1, 0.15) is 34.1 Å². The highest BCUT2D eigenvalue weighted by Crippen LogP contribution is 2.28. The van der Waals surface area contributed by atoms with Crippen molar-refractivity contribution in [2.24, 2.45) is 11.7 Å². The van der Waals surface area contributed by atoms with Gasteiger partial charge in [-0.05, 0) is 24.1 Å². The molecule has 1 aromatic rings. The van der Waals surface area contributed by atoms with Crippen LogP contribution in [-0.2, 0) is 14.8 Å². The summed E-state index contributed by atoms with van der Waals surface area (Å²) in [5.74, 6) is -0.325. The van der Waals surface area contributed by atoms with Crippen molar-refractivity contribution < 1.29 is 13.2 Å². The molecule has 0 aliphatic rings. The number of halogens is 1. The number of nitrogens with zero attached hydrogens (tertiary/aromatic N) is 1. The average molecular weight is 376 g/mol. The quantitative estimate of drug-likeness (QED) is 0.730. The van der Waals surface area contributed by atoms with Gasteiger partial charge in [-0.1, -0.05) is 45.7 Å². The monoisotopic (exact) mass is 375 g/mol. The number of nitrogens with one attached hydrogen (secondary N) is 1. The van der Waals surface area contributed by atoms with Gasteiger partial charge >= 0.3 is 0 Å². The molecular formula is C16H26ClN3O3S. The molecule has 0 bridgehead atoms.